The lowest BCUT2D eigenvalue weighted by Crippen LogP contribution is -2.48. The molecular formula is C19H23N5O3S. The van der Waals surface area contributed by atoms with Crippen LogP contribution >= 0.6 is 0 Å². The van der Waals surface area contributed by atoms with Gasteiger partial charge in [0.2, 0.25) is 21.9 Å². The van der Waals surface area contributed by atoms with Crippen molar-refractivity contribution in [2.24, 2.45) is 0 Å². The summed E-state index contributed by atoms with van der Waals surface area (Å²) in [5.74, 6) is 0.607. The van der Waals surface area contributed by atoms with Crippen molar-refractivity contribution in [3.8, 4) is 0 Å². The maximum Gasteiger partial charge on any atom is 0.246 e. The Balaban J connectivity index is 1.56. The molecule has 28 heavy (non-hydrogen) atoms. The Morgan fingerprint density at radius 3 is 2.36 bits per heavy atom. The molecule has 0 aliphatic carbocycles. The number of rotatable bonds is 6. The minimum atomic E-state index is -3.47. The summed E-state index contributed by atoms with van der Waals surface area (Å²) in [7, 11) is -3.47. The molecule has 1 aromatic heterocycles. The number of amides is 1. The molecule has 3 rings (SSSR count). The number of hydrogen-bond donors (Lipinski definition) is 1. The average Bonchev–Trinajstić information content (AvgIpc) is 2.73. The topological polar surface area (TPSA) is 95.5 Å². The largest absolute Gasteiger partial charge is 0.337 e. The number of carbonyl (C=O) groups excluding carboxylic acids is 1. The Morgan fingerprint density at radius 1 is 1.11 bits per heavy atom. The Morgan fingerprint density at radius 2 is 1.75 bits per heavy atom. The number of anilines is 1. The third kappa shape index (κ3) is 4.93. The highest BCUT2D eigenvalue weighted by Gasteiger charge is 2.21. The van der Waals surface area contributed by atoms with Gasteiger partial charge in [0.1, 0.15) is 0 Å². The number of benzene rings is 1. The van der Waals surface area contributed by atoms with Gasteiger partial charge in [0, 0.05) is 51.2 Å². The monoisotopic (exact) mass is 401 g/mol. The van der Waals surface area contributed by atoms with Crippen LogP contribution in [0.2, 0.25) is 0 Å². The second kappa shape index (κ2) is 8.94. The molecule has 0 atom stereocenters. The summed E-state index contributed by atoms with van der Waals surface area (Å²) in [6.07, 6.45) is 6.62. The molecule has 1 saturated heterocycles. The summed E-state index contributed by atoms with van der Waals surface area (Å²) in [6.45, 7) is 4.62. The molecule has 2 heterocycles. The third-order valence-electron chi connectivity index (χ3n) is 4.37. The lowest BCUT2D eigenvalue weighted by Gasteiger charge is -2.34. The van der Waals surface area contributed by atoms with Gasteiger partial charge >= 0.3 is 0 Å². The van der Waals surface area contributed by atoms with Crippen molar-refractivity contribution >= 4 is 28.0 Å². The fourth-order valence-corrected chi connectivity index (χ4v) is 3.93. The van der Waals surface area contributed by atoms with Crippen LogP contribution in [0.1, 0.15) is 12.5 Å². The molecule has 1 aliphatic rings. The van der Waals surface area contributed by atoms with Crippen molar-refractivity contribution in [2.45, 2.75) is 11.8 Å². The molecule has 0 saturated carbocycles. The van der Waals surface area contributed by atoms with Crippen LogP contribution < -0.4 is 9.62 Å². The third-order valence-corrected chi connectivity index (χ3v) is 5.93. The first-order valence-corrected chi connectivity index (χ1v) is 10.6. The van der Waals surface area contributed by atoms with Crippen molar-refractivity contribution < 1.29 is 13.2 Å². The maximum absolute atomic E-state index is 12.4. The molecule has 0 spiro atoms. The zero-order chi connectivity index (χ0) is 20.0. The molecule has 148 valence electrons. The van der Waals surface area contributed by atoms with Crippen molar-refractivity contribution in [3.05, 3.63) is 54.4 Å². The number of carbonyl (C=O) groups is 1. The van der Waals surface area contributed by atoms with Crippen LogP contribution in [0.4, 0.5) is 5.95 Å². The lowest BCUT2D eigenvalue weighted by molar-refractivity contribution is -0.126. The summed E-state index contributed by atoms with van der Waals surface area (Å²) >= 11 is 0. The fraction of sp³-hybridized carbons (Fsp3) is 0.316. The van der Waals surface area contributed by atoms with Crippen LogP contribution in [0.5, 0.6) is 0 Å². The number of hydrogen-bond acceptors (Lipinski definition) is 6. The Hall–Kier alpha value is -2.78. The van der Waals surface area contributed by atoms with E-state index in [0.717, 1.165) is 5.56 Å². The van der Waals surface area contributed by atoms with E-state index in [1.165, 1.54) is 18.2 Å². The van der Waals surface area contributed by atoms with Gasteiger partial charge < -0.3 is 9.80 Å². The molecule has 1 amide bonds. The van der Waals surface area contributed by atoms with Crippen LogP contribution in [-0.4, -0.2) is 61.9 Å². The molecule has 1 aromatic carbocycles. The number of nitrogens with zero attached hydrogens (tertiary/aromatic N) is 4. The van der Waals surface area contributed by atoms with Crippen LogP contribution in [-0.2, 0) is 14.8 Å². The predicted octanol–water partition coefficient (Wildman–Crippen LogP) is 1.14. The number of nitrogens with one attached hydrogen (secondary N) is 1. The zero-order valence-corrected chi connectivity index (χ0v) is 16.5. The smallest absolute Gasteiger partial charge is 0.246 e. The van der Waals surface area contributed by atoms with E-state index in [0.29, 0.717) is 38.7 Å². The van der Waals surface area contributed by atoms with E-state index in [1.807, 2.05) is 0 Å². The van der Waals surface area contributed by atoms with Crippen molar-refractivity contribution in [2.75, 3.05) is 37.6 Å². The molecule has 1 aliphatic heterocycles. The molecule has 0 radical (unpaired) electrons. The first-order chi connectivity index (χ1) is 13.5. The van der Waals surface area contributed by atoms with Gasteiger partial charge in [-0.1, -0.05) is 19.1 Å². The quantitative estimate of drug-likeness (QED) is 0.730. The standard InChI is InChI=1S/C19H23N5O3S/c1-2-22-28(26,27)17-7-4-16(5-8-17)6-9-18(25)23-12-14-24(15-13-23)19-20-10-3-11-21-19/h3-11,22H,2,12-15H2,1H3/b9-6+. The van der Waals surface area contributed by atoms with Gasteiger partial charge in [0.15, 0.2) is 0 Å². The SMILES string of the molecule is CCNS(=O)(=O)c1ccc(/C=C/C(=O)N2CCN(c3ncccn3)CC2)cc1. The maximum atomic E-state index is 12.4. The van der Waals surface area contributed by atoms with Gasteiger partial charge in [-0.15, -0.1) is 0 Å². The van der Waals surface area contributed by atoms with Gasteiger partial charge in [-0.25, -0.2) is 23.1 Å². The van der Waals surface area contributed by atoms with E-state index in [1.54, 1.807) is 48.5 Å². The second-order valence-corrected chi connectivity index (χ2v) is 8.03. The van der Waals surface area contributed by atoms with Gasteiger partial charge in [0.05, 0.1) is 4.90 Å². The summed E-state index contributed by atoms with van der Waals surface area (Å²) in [4.78, 5) is 24.9. The fourth-order valence-electron chi connectivity index (χ4n) is 2.89. The van der Waals surface area contributed by atoms with E-state index >= 15 is 0 Å². The Bertz CT molecular complexity index is 922. The number of sulfonamides is 1. The van der Waals surface area contributed by atoms with Gasteiger partial charge in [-0.2, -0.15) is 0 Å². The molecule has 0 unspecified atom stereocenters. The Kier molecular flexibility index (Phi) is 6.37. The second-order valence-electron chi connectivity index (χ2n) is 6.26. The zero-order valence-electron chi connectivity index (χ0n) is 15.7. The molecule has 1 N–H and O–H groups in total. The van der Waals surface area contributed by atoms with Gasteiger partial charge in [0.25, 0.3) is 0 Å². The minimum Gasteiger partial charge on any atom is -0.337 e. The van der Waals surface area contributed by atoms with Crippen LogP contribution in [0, 0.1) is 0 Å². The molecular weight excluding hydrogens is 378 g/mol. The summed E-state index contributed by atoms with van der Waals surface area (Å²) < 4.78 is 26.3. The minimum absolute atomic E-state index is 0.0713. The molecule has 9 heteroatoms. The molecule has 0 bridgehead atoms. The van der Waals surface area contributed by atoms with E-state index in [-0.39, 0.29) is 10.8 Å². The van der Waals surface area contributed by atoms with Crippen molar-refractivity contribution in [1.82, 2.24) is 19.6 Å². The van der Waals surface area contributed by atoms with Crippen molar-refractivity contribution in [3.63, 3.8) is 0 Å². The average molecular weight is 401 g/mol. The molecule has 8 nitrogen and oxygen atoms in total. The van der Waals surface area contributed by atoms with Crippen LogP contribution in [0.15, 0.2) is 53.7 Å². The van der Waals surface area contributed by atoms with E-state index in [4.69, 9.17) is 0 Å². The lowest BCUT2D eigenvalue weighted by atomic mass is 10.2. The number of aromatic nitrogens is 2. The molecule has 2 aromatic rings. The van der Waals surface area contributed by atoms with E-state index < -0.39 is 10.0 Å². The highest BCUT2D eigenvalue weighted by Crippen LogP contribution is 2.13. The number of piperazine rings is 1. The van der Waals surface area contributed by atoms with Gasteiger partial charge in [-0.3, -0.25) is 4.79 Å². The Labute approximate surface area is 165 Å². The summed E-state index contributed by atoms with van der Waals surface area (Å²) in [5.41, 5.74) is 0.764. The van der Waals surface area contributed by atoms with Crippen LogP contribution in [0.3, 0.4) is 0 Å². The first-order valence-electron chi connectivity index (χ1n) is 9.08. The van der Waals surface area contributed by atoms with Gasteiger partial charge in [-0.05, 0) is 29.8 Å². The summed E-state index contributed by atoms with van der Waals surface area (Å²) in [5, 5.41) is 0. The van der Waals surface area contributed by atoms with Crippen molar-refractivity contribution in [1.29, 1.82) is 0 Å². The van der Waals surface area contributed by atoms with E-state index in [2.05, 4.69) is 19.6 Å². The normalized spacial score (nSPS) is 15.2. The highest BCUT2D eigenvalue weighted by atomic mass is 32.2. The van der Waals surface area contributed by atoms with E-state index in [9.17, 15) is 13.2 Å². The predicted molar refractivity (Wildman–Crippen MR) is 107 cm³/mol. The molecule has 1 fully saturated rings. The first kappa shape index (κ1) is 20.0. The highest BCUT2D eigenvalue weighted by molar-refractivity contribution is 7.89. The van der Waals surface area contributed by atoms with Crippen LogP contribution in [0.25, 0.3) is 6.08 Å². The summed E-state index contributed by atoms with van der Waals surface area (Å²) in [6, 6.07) is 8.19.